The fourth-order valence-corrected chi connectivity index (χ4v) is 0.982. The van der Waals surface area contributed by atoms with E-state index in [-0.39, 0.29) is 11.3 Å². The summed E-state index contributed by atoms with van der Waals surface area (Å²) >= 11 is 0. The van der Waals surface area contributed by atoms with Crippen molar-refractivity contribution in [2.45, 2.75) is 6.92 Å². The van der Waals surface area contributed by atoms with Gasteiger partial charge >= 0.3 is 5.97 Å². The minimum Gasteiger partial charge on any atom is -0.426 e. The fourth-order valence-electron chi connectivity index (χ4n) is 0.982. The summed E-state index contributed by atoms with van der Waals surface area (Å²) in [5, 5.41) is 2.91. The number of azide groups is 1. The van der Waals surface area contributed by atoms with E-state index >= 15 is 0 Å². The third-order valence-corrected chi connectivity index (χ3v) is 1.51. The van der Waals surface area contributed by atoms with E-state index < -0.39 is 11.9 Å². The lowest BCUT2D eigenvalue weighted by atomic mass is 10.2. The SMILES string of the molecule is CC(=O)Oc1ccccc1C(=O)N=[N+]=[N-]. The Balaban J connectivity index is 3.11. The predicted octanol–water partition coefficient (Wildman–Crippen LogP) is 2.06. The molecule has 0 fully saturated rings. The largest absolute Gasteiger partial charge is 0.426 e. The van der Waals surface area contributed by atoms with Crippen LogP contribution in [0.25, 0.3) is 10.4 Å². The summed E-state index contributed by atoms with van der Waals surface area (Å²) < 4.78 is 4.77. The van der Waals surface area contributed by atoms with Crippen LogP contribution in [0, 0.1) is 0 Å². The van der Waals surface area contributed by atoms with Gasteiger partial charge in [-0.25, -0.2) is 0 Å². The van der Waals surface area contributed by atoms with Crippen LogP contribution >= 0.6 is 0 Å². The van der Waals surface area contributed by atoms with Gasteiger partial charge in [-0.15, -0.1) is 0 Å². The topological polar surface area (TPSA) is 92.1 Å². The van der Waals surface area contributed by atoms with Crippen molar-refractivity contribution in [1.82, 2.24) is 0 Å². The van der Waals surface area contributed by atoms with Crippen LogP contribution in [-0.4, -0.2) is 11.9 Å². The van der Waals surface area contributed by atoms with Crippen molar-refractivity contribution in [3.05, 3.63) is 40.3 Å². The molecule has 15 heavy (non-hydrogen) atoms. The van der Waals surface area contributed by atoms with Crippen LogP contribution < -0.4 is 4.74 Å². The Morgan fingerprint density at radius 3 is 2.67 bits per heavy atom. The quantitative estimate of drug-likeness (QED) is 0.243. The summed E-state index contributed by atoms with van der Waals surface area (Å²) in [5.41, 5.74) is 8.16. The van der Waals surface area contributed by atoms with E-state index in [0.29, 0.717) is 0 Å². The zero-order chi connectivity index (χ0) is 11.3. The molecular formula is C9H7N3O3. The van der Waals surface area contributed by atoms with E-state index in [4.69, 9.17) is 10.3 Å². The number of nitrogens with zero attached hydrogens (tertiary/aromatic N) is 3. The minimum absolute atomic E-state index is 0.0606. The Labute approximate surface area is 85.1 Å². The number of benzene rings is 1. The van der Waals surface area contributed by atoms with Crippen molar-refractivity contribution in [2.24, 2.45) is 5.11 Å². The highest BCUT2D eigenvalue weighted by molar-refractivity contribution is 5.98. The standard InChI is InChI=1S/C9H7N3O3/c1-6(13)15-8-5-3-2-4-7(8)9(14)11-12-10/h2-5H,1H3. The molecule has 0 aromatic heterocycles. The van der Waals surface area contributed by atoms with Gasteiger partial charge < -0.3 is 4.74 Å². The third kappa shape index (κ3) is 2.82. The predicted molar refractivity (Wildman–Crippen MR) is 51.2 cm³/mol. The normalized spacial score (nSPS) is 8.87. The Bertz CT molecular complexity index is 450. The number of carbonyl (C=O) groups is 2. The molecule has 76 valence electrons. The van der Waals surface area contributed by atoms with Gasteiger partial charge in [0.25, 0.3) is 5.91 Å². The second kappa shape index (κ2) is 4.78. The van der Waals surface area contributed by atoms with Crippen LogP contribution in [0.2, 0.25) is 0 Å². The van der Waals surface area contributed by atoms with E-state index in [1.807, 2.05) is 0 Å². The summed E-state index contributed by atoms with van der Waals surface area (Å²) in [4.78, 5) is 24.3. The van der Waals surface area contributed by atoms with Crippen LogP contribution in [0.4, 0.5) is 0 Å². The molecule has 0 aliphatic heterocycles. The zero-order valence-electron chi connectivity index (χ0n) is 7.88. The van der Waals surface area contributed by atoms with Crippen LogP contribution in [-0.2, 0) is 4.79 Å². The van der Waals surface area contributed by atoms with Crippen molar-refractivity contribution in [3.63, 3.8) is 0 Å². The monoisotopic (exact) mass is 205 g/mol. The molecule has 0 saturated carbocycles. The number of esters is 1. The Morgan fingerprint density at radius 2 is 2.07 bits per heavy atom. The first-order valence-electron chi connectivity index (χ1n) is 4.02. The molecule has 1 aromatic carbocycles. The lowest BCUT2D eigenvalue weighted by molar-refractivity contribution is -0.131. The van der Waals surface area contributed by atoms with Crippen molar-refractivity contribution in [1.29, 1.82) is 0 Å². The van der Waals surface area contributed by atoms with Gasteiger partial charge in [0.1, 0.15) is 5.75 Å². The Kier molecular flexibility index (Phi) is 3.43. The molecule has 0 heterocycles. The molecule has 1 rings (SSSR count). The van der Waals surface area contributed by atoms with Gasteiger partial charge in [-0.1, -0.05) is 12.1 Å². The number of ether oxygens (including phenoxy) is 1. The van der Waals surface area contributed by atoms with Gasteiger partial charge in [0.2, 0.25) is 0 Å². The first-order valence-corrected chi connectivity index (χ1v) is 4.02. The van der Waals surface area contributed by atoms with Gasteiger partial charge in [0.05, 0.1) is 5.56 Å². The number of carbonyl (C=O) groups excluding carboxylic acids is 2. The van der Waals surface area contributed by atoms with Crippen molar-refractivity contribution in [3.8, 4) is 5.75 Å². The van der Waals surface area contributed by atoms with Crippen LogP contribution in [0.5, 0.6) is 5.75 Å². The maximum absolute atomic E-state index is 11.2. The van der Waals surface area contributed by atoms with Crippen LogP contribution in [0.15, 0.2) is 29.4 Å². The molecule has 6 nitrogen and oxygen atoms in total. The molecule has 0 bridgehead atoms. The van der Waals surface area contributed by atoms with E-state index in [1.54, 1.807) is 12.1 Å². The van der Waals surface area contributed by atoms with E-state index in [2.05, 4.69) is 10.0 Å². The van der Waals surface area contributed by atoms with Gasteiger partial charge in [0.15, 0.2) is 0 Å². The molecule has 0 aliphatic carbocycles. The first-order chi connectivity index (χ1) is 7.15. The number of amides is 1. The molecular weight excluding hydrogens is 198 g/mol. The highest BCUT2D eigenvalue weighted by Gasteiger charge is 2.11. The van der Waals surface area contributed by atoms with Crippen LogP contribution in [0.3, 0.4) is 0 Å². The zero-order valence-corrected chi connectivity index (χ0v) is 7.88. The van der Waals surface area contributed by atoms with Crippen molar-refractivity contribution < 1.29 is 14.3 Å². The second-order valence-electron chi connectivity index (χ2n) is 2.58. The Hall–Kier alpha value is -2.33. The molecule has 0 unspecified atom stereocenters. The molecule has 0 spiro atoms. The van der Waals surface area contributed by atoms with E-state index in [0.717, 1.165) is 0 Å². The molecule has 0 atom stereocenters. The maximum atomic E-state index is 11.2. The van der Waals surface area contributed by atoms with Crippen LogP contribution in [0.1, 0.15) is 17.3 Å². The summed E-state index contributed by atoms with van der Waals surface area (Å²) in [5.74, 6) is -1.24. The van der Waals surface area contributed by atoms with Gasteiger partial charge in [-0.2, -0.15) is 0 Å². The molecule has 1 aromatic rings. The average Bonchev–Trinajstić information content (AvgIpc) is 2.18. The summed E-state index contributed by atoms with van der Waals surface area (Å²) in [7, 11) is 0. The molecule has 0 radical (unpaired) electrons. The lowest BCUT2D eigenvalue weighted by Crippen LogP contribution is -2.06. The second-order valence-corrected chi connectivity index (χ2v) is 2.58. The van der Waals surface area contributed by atoms with E-state index in [9.17, 15) is 9.59 Å². The highest BCUT2D eigenvalue weighted by atomic mass is 16.5. The minimum atomic E-state index is -0.783. The number of para-hydroxylation sites is 1. The maximum Gasteiger partial charge on any atom is 0.308 e. The summed E-state index contributed by atoms with van der Waals surface area (Å²) in [6.45, 7) is 1.22. The highest BCUT2D eigenvalue weighted by Crippen LogP contribution is 2.18. The Morgan fingerprint density at radius 1 is 1.40 bits per heavy atom. The number of hydrogen-bond acceptors (Lipinski definition) is 3. The van der Waals surface area contributed by atoms with Gasteiger partial charge in [0, 0.05) is 11.8 Å². The summed E-state index contributed by atoms with van der Waals surface area (Å²) in [6.07, 6.45) is 0. The van der Waals surface area contributed by atoms with Gasteiger partial charge in [-0.05, 0) is 22.8 Å². The smallest absolute Gasteiger partial charge is 0.308 e. The molecule has 0 aliphatic rings. The number of rotatable bonds is 2. The van der Waals surface area contributed by atoms with Gasteiger partial charge in [-0.3, -0.25) is 9.59 Å². The molecule has 0 saturated heterocycles. The first kappa shape index (κ1) is 10.7. The summed E-state index contributed by atoms with van der Waals surface area (Å²) in [6, 6.07) is 6.04. The lowest BCUT2D eigenvalue weighted by Gasteiger charge is -2.04. The average molecular weight is 205 g/mol. The fraction of sp³-hybridized carbons (Fsp3) is 0.111. The van der Waals surface area contributed by atoms with Crippen molar-refractivity contribution in [2.75, 3.05) is 0 Å². The molecule has 1 amide bonds. The molecule has 0 N–H and O–H groups in total. The van der Waals surface area contributed by atoms with E-state index in [1.165, 1.54) is 19.1 Å². The third-order valence-electron chi connectivity index (χ3n) is 1.51. The number of hydrogen-bond donors (Lipinski definition) is 0. The molecule has 6 heteroatoms. The van der Waals surface area contributed by atoms with Crippen molar-refractivity contribution >= 4 is 11.9 Å².